The van der Waals surface area contributed by atoms with Crippen molar-refractivity contribution in [2.75, 3.05) is 25.6 Å². The lowest BCUT2D eigenvalue weighted by atomic mass is 10.3. The van der Waals surface area contributed by atoms with E-state index in [0.29, 0.717) is 6.61 Å². The molecule has 1 saturated heterocycles. The molecule has 0 spiro atoms. The fourth-order valence-electron chi connectivity index (χ4n) is 1.50. The van der Waals surface area contributed by atoms with E-state index < -0.39 is 0 Å². The topological polar surface area (TPSA) is 30.5 Å². The molecule has 0 bridgehead atoms. The molecule has 1 N–H and O–H groups in total. The summed E-state index contributed by atoms with van der Waals surface area (Å²) in [5.74, 6) is 0.916. The van der Waals surface area contributed by atoms with Crippen LogP contribution in [0.2, 0.25) is 0 Å². The van der Waals surface area contributed by atoms with Gasteiger partial charge in [0.1, 0.15) is 11.9 Å². The lowest BCUT2D eigenvalue weighted by Gasteiger charge is -2.11. The van der Waals surface area contributed by atoms with Gasteiger partial charge in [-0.25, -0.2) is 0 Å². The summed E-state index contributed by atoms with van der Waals surface area (Å²) in [6.45, 7) is 1.53. The maximum atomic E-state index is 5.72. The monoisotopic (exact) mass is 193 g/mol. The third-order valence-corrected chi connectivity index (χ3v) is 2.33. The Hall–Kier alpha value is -1.22. The number of hydrogen-bond acceptors (Lipinski definition) is 3. The number of hydrogen-bond donors (Lipinski definition) is 1. The highest BCUT2D eigenvalue weighted by molar-refractivity contribution is 5.45. The Kier molecular flexibility index (Phi) is 2.89. The van der Waals surface area contributed by atoms with Gasteiger partial charge in [0.15, 0.2) is 0 Å². The second-order valence-corrected chi connectivity index (χ2v) is 3.38. The molecule has 1 aromatic carbocycles. The van der Waals surface area contributed by atoms with Gasteiger partial charge in [-0.15, -0.1) is 0 Å². The van der Waals surface area contributed by atoms with E-state index in [1.807, 2.05) is 31.3 Å². The largest absolute Gasteiger partial charge is 0.488 e. The molecule has 0 saturated carbocycles. The van der Waals surface area contributed by atoms with Crippen molar-refractivity contribution in [3.8, 4) is 5.75 Å². The van der Waals surface area contributed by atoms with Crippen LogP contribution in [0, 0.1) is 0 Å². The summed E-state index contributed by atoms with van der Waals surface area (Å²) in [4.78, 5) is 0. The van der Waals surface area contributed by atoms with Gasteiger partial charge in [-0.2, -0.15) is 0 Å². The van der Waals surface area contributed by atoms with E-state index in [1.165, 1.54) is 0 Å². The first-order valence-electron chi connectivity index (χ1n) is 4.91. The molecule has 0 aliphatic carbocycles. The van der Waals surface area contributed by atoms with Crippen LogP contribution in [0.1, 0.15) is 6.42 Å². The van der Waals surface area contributed by atoms with Crippen molar-refractivity contribution in [2.45, 2.75) is 12.5 Å². The SMILES string of the molecule is CNc1ccc(OC2CCOC2)cc1. The molecular weight excluding hydrogens is 178 g/mol. The van der Waals surface area contributed by atoms with Crippen LogP contribution >= 0.6 is 0 Å². The van der Waals surface area contributed by atoms with E-state index in [4.69, 9.17) is 9.47 Å². The van der Waals surface area contributed by atoms with Crippen molar-refractivity contribution >= 4 is 5.69 Å². The summed E-state index contributed by atoms with van der Waals surface area (Å²) >= 11 is 0. The van der Waals surface area contributed by atoms with Gasteiger partial charge in [0, 0.05) is 19.2 Å². The zero-order chi connectivity index (χ0) is 9.80. The first-order valence-corrected chi connectivity index (χ1v) is 4.91. The van der Waals surface area contributed by atoms with Crippen LogP contribution in [0.4, 0.5) is 5.69 Å². The van der Waals surface area contributed by atoms with Crippen molar-refractivity contribution in [1.29, 1.82) is 0 Å². The van der Waals surface area contributed by atoms with Crippen molar-refractivity contribution in [2.24, 2.45) is 0 Å². The Labute approximate surface area is 84.0 Å². The molecular formula is C11H15NO2. The molecule has 1 atom stereocenters. The van der Waals surface area contributed by atoms with E-state index in [9.17, 15) is 0 Å². The second-order valence-electron chi connectivity index (χ2n) is 3.38. The highest BCUT2D eigenvalue weighted by atomic mass is 16.5. The lowest BCUT2D eigenvalue weighted by Crippen LogP contribution is -2.15. The number of rotatable bonds is 3. The van der Waals surface area contributed by atoms with Gasteiger partial charge in [-0.3, -0.25) is 0 Å². The van der Waals surface area contributed by atoms with Crippen LogP contribution in [0.15, 0.2) is 24.3 Å². The molecule has 76 valence electrons. The highest BCUT2D eigenvalue weighted by Crippen LogP contribution is 2.19. The zero-order valence-electron chi connectivity index (χ0n) is 8.32. The Morgan fingerprint density at radius 2 is 2.14 bits per heavy atom. The van der Waals surface area contributed by atoms with Crippen LogP contribution in [-0.2, 0) is 4.74 Å². The molecule has 3 heteroatoms. The van der Waals surface area contributed by atoms with E-state index >= 15 is 0 Å². The van der Waals surface area contributed by atoms with Gasteiger partial charge in [0.25, 0.3) is 0 Å². The predicted molar refractivity (Wildman–Crippen MR) is 55.8 cm³/mol. The van der Waals surface area contributed by atoms with Crippen molar-refractivity contribution < 1.29 is 9.47 Å². The minimum atomic E-state index is 0.232. The Balaban J connectivity index is 1.95. The first-order chi connectivity index (χ1) is 6.88. The van der Waals surface area contributed by atoms with Gasteiger partial charge in [-0.05, 0) is 24.3 Å². The van der Waals surface area contributed by atoms with Gasteiger partial charge in [-0.1, -0.05) is 0 Å². The molecule has 0 aromatic heterocycles. The normalized spacial score (nSPS) is 20.8. The molecule has 1 aliphatic heterocycles. The Bertz CT molecular complexity index is 278. The van der Waals surface area contributed by atoms with Crippen molar-refractivity contribution in [3.63, 3.8) is 0 Å². The maximum absolute atomic E-state index is 5.72. The average molecular weight is 193 g/mol. The molecule has 1 fully saturated rings. The first kappa shape index (κ1) is 9.34. The van der Waals surface area contributed by atoms with Crippen molar-refractivity contribution in [1.82, 2.24) is 0 Å². The number of anilines is 1. The second kappa shape index (κ2) is 4.33. The van der Waals surface area contributed by atoms with Crippen LogP contribution in [0.25, 0.3) is 0 Å². The molecule has 2 rings (SSSR count). The summed E-state index contributed by atoms with van der Waals surface area (Å²) in [6.07, 6.45) is 1.23. The summed E-state index contributed by atoms with van der Waals surface area (Å²) in [5.41, 5.74) is 1.10. The van der Waals surface area contributed by atoms with Gasteiger partial charge in [0.2, 0.25) is 0 Å². The fraction of sp³-hybridized carbons (Fsp3) is 0.455. The fourth-order valence-corrected chi connectivity index (χ4v) is 1.50. The Morgan fingerprint density at radius 3 is 2.71 bits per heavy atom. The molecule has 3 nitrogen and oxygen atoms in total. The third kappa shape index (κ3) is 2.17. The quantitative estimate of drug-likeness (QED) is 0.795. The van der Waals surface area contributed by atoms with Crippen LogP contribution < -0.4 is 10.1 Å². The summed E-state index contributed by atoms with van der Waals surface area (Å²) < 4.78 is 11.0. The zero-order valence-corrected chi connectivity index (χ0v) is 8.32. The summed E-state index contributed by atoms with van der Waals surface area (Å²) in [7, 11) is 1.90. The maximum Gasteiger partial charge on any atom is 0.124 e. The predicted octanol–water partition coefficient (Wildman–Crippen LogP) is 1.90. The van der Waals surface area contributed by atoms with Crippen molar-refractivity contribution in [3.05, 3.63) is 24.3 Å². The van der Waals surface area contributed by atoms with Gasteiger partial charge >= 0.3 is 0 Å². The number of benzene rings is 1. The van der Waals surface area contributed by atoms with E-state index in [0.717, 1.165) is 24.5 Å². The lowest BCUT2D eigenvalue weighted by molar-refractivity contribution is 0.141. The van der Waals surface area contributed by atoms with Crippen LogP contribution in [0.5, 0.6) is 5.75 Å². The molecule has 14 heavy (non-hydrogen) atoms. The van der Waals surface area contributed by atoms with Gasteiger partial charge in [0.05, 0.1) is 13.2 Å². The summed E-state index contributed by atoms with van der Waals surface area (Å²) in [5, 5.41) is 3.07. The number of ether oxygens (including phenoxy) is 2. The number of nitrogens with one attached hydrogen (secondary N) is 1. The standard InChI is InChI=1S/C11H15NO2/c1-12-9-2-4-10(5-3-9)14-11-6-7-13-8-11/h2-5,11-12H,6-8H2,1H3. The molecule has 0 amide bonds. The minimum absolute atomic E-state index is 0.232. The Morgan fingerprint density at radius 1 is 1.36 bits per heavy atom. The van der Waals surface area contributed by atoms with E-state index in [1.54, 1.807) is 0 Å². The molecule has 0 radical (unpaired) electrons. The molecule has 1 unspecified atom stereocenters. The molecule has 1 aliphatic rings. The third-order valence-electron chi connectivity index (χ3n) is 2.33. The van der Waals surface area contributed by atoms with Crippen LogP contribution in [0.3, 0.4) is 0 Å². The van der Waals surface area contributed by atoms with E-state index in [2.05, 4.69) is 5.32 Å². The average Bonchev–Trinajstić information content (AvgIpc) is 2.72. The molecule has 1 heterocycles. The molecule has 1 aromatic rings. The van der Waals surface area contributed by atoms with Crippen LogP contribution in [-0.4, -0.2) is 26.4 Å². The highest BCUT2D eigenvalue weighted by Gasteiger charge is 2.16. The van der Waals surface area contributed by atoms with E-state index in [-0.39, 0.29) is 6.10 Å². The van der Waals surface area contributed by atoms with Gasteiger partial charge < -0.3 is 14.8 Å². The minimum Gasteiger partial charge on any atom is -0.488 e. The summed E-state index contributed by atoms with van der Waals surface area (Å²) in [6, 6.07) is 7.96. The smallest absolute Gasteiger partial charge is 0.124 e.